The minimum atomic E-state index is 0.258. The molecule has 0 amide bonds. The number of hydrogen-bond donors (Lipinski definition) is 1. The van der Waals surface area contributed by atoms with E-state index >= 15 is 0 Å². The fourth-order valence-corrected chi connectivity index (χ4v) is 1.50. The molecule has 7 nitrogen and oxygen atoms in total. The van der Waals surface area contributed by atoms with Crippen molar-refractivity contribution in [2.24, 2.45) is 0 Å². The molecule has 0 saturated carbocycles. The number of methoxy groups -OCH3 is 1. The Balaban J connectivity index is 2.60. The third-order valence-corrected chi connectivity index (χ3v) is 2.39. The van der Waals surface area contributed by atoms with Gasteiger partial charge < -0.3 is 15.4 Å². The Labute approximate surface area is 108 Å². The van der Waals surface area contributed by atoms with Gasteiger partial charge >= 0.3 is 0 Å². The van der Waals surface area contributed by atoms with Crippen LogP contribution in [0.25, 0.3) is 0 Å². The third-order valence-electron chi connectivity index (χ3n) is 2.39. The number of rotatable bonds is 7. The van der Waals surface area contributed by atoms with Crippen molar-refractivity contribution < 1.29 is 4.74 Å². The number of ether oxygens (including phenoxy) is 1. The van der Waals surface area contributed by atoms with Crippen molar-refractivity contribution in [3.05, 3.63) is 5.82 Å². The van der Waals surface area contributed by atoms with Crippen LogP contribution < -0.4 is 10.6 Å². The highest BCUT2D eigenvalue weighted by Crippen LogP contribution is 2.07. The van der Waals surface area contributed by atoms with Gasteiger partial charge in [-0.05, 0) is 13.5 Å². The average Bonchev–Trinajstić information content (AvgIpc) is 2.28. The number of nitrogen functional groups attached to an aromatic ring is 1. The van der Waals surface area contributed by atoms with Gasteiger partial charge in [-0.15, -0.1) is 0 Å². The normalized spacial score (nSPS) is 10.9. The van der Waals surface area contributed by atoms with Gasteiger partial charge in [0.25, 0.3) is 0 Å². The van der Waals surface area contributed by atoms with Crippen LogP contribution in [0, 0.1) is 0 Å². The van der Waals surface area contributed by atoms with Crippen LogP contribution in [0.4, 0.5) is 11.9 Å². The van der Waals surface area contributed by atoms with Crippen molar-refractivity contribution in [3.8, 4) is 0 Å². The number of anilines is 2. The Morgan fingerprint density at radius 1 is 1.17 bits per heavy atom. The van der Waals surface area contributed by atoms with E-state index in [0.717, 1.165) is 19.6 Å². The zero-order valence-corrected chi connectivity index (χ0v) is 11.6. The fourth-order valence-electron chi connectivity index (χ4n) is 1.50. The monoisotopic (exact) mass is 254 g/mol. The molecular formula is C11H22N6O. The van der Waals surface area contributed by atoms with Gasteiger partial charge in [0.05, 0.1) is 6.54 Å². The number of nitrogens with zero attached hydrogens (tertiary/aromatic N) is 5. The molecule has 0 saturated heterocycles. The first-order valence-corrected chi connectivity index (χ1v) is 5.88. The zero-order chi connectivity index (χ0) is 13.5. The van der Waals surface area contributed by atoms with E-state index < -0.39 is 0 Å². The second-order valence-electron chi connectivity index (χ2n) is 4.39. The van der Waals surface area contributed by atoms with E-state index in [1.807, 2.05) is 26.0 Å². The summed E-state index contributed by atoms with van der Waals surface area (Å²) in [5.74, 6) is 1.53. The zero-order valence-electron chi connectivity index (χ0n) is 11.6. The van der Waals surface area contributed by atoms with Gasteiger partial charge in [0.2, 0.25) is 11.9 Å². The van der Waals surface area contributed by atoms with Gasteiger partial charge in [-0.1, -0.05) is 0 Å². The van der Waals surface area contributed by atoms with E-state index in [4.69, 9.17) is 10.5 Å². The lowest BCUT2D eigenvalue weighted by atomic mass is 10.4. The van der Waals surface area contributed by atoms with Crippen molar-refractivity contribution in [1.29, 1.82) is 0 Å². The smallest absolute Gasteiger partial charge is 0.229 e. The maximum absolute atomic E-state index is 5.67. The van der Waals surface area contributed by atoms with E-state index in [2.05, 4.69) is 19.9 Å². The standard InChI is InChI=1S/C11H22N6O/c1-16(2)11-14-9(13-10(12)15-11)8-17(3)6-5-7-18-4/h5-8H2,1-4H3,(H2,12,13,14,15). The van der Waals surface area contributed by atoms with Gasteiger partial charge in [0, 0.05) is 34.4 Å². The lowest BCUT2D eigenvalue weighted by Crippen LogP contribution is -2.23. The third kappa shape index (κ3) is 4.80. The molecule has 0 fully saturated rings. The molecule has 0 aliphatic carbocycles. The second kappa shape index (κ2) is 7.07. The van der Waals surface area contributed by atoms with Crippen LogP contribution in [0.5, 0.6) is 0 Å². The lowest BCUT2D eigenvalue weighted by molar-refractivity contribution is 0.177. The molecule has 2 N–H and O–H groups in total. The molecule has 0 unspecified atom stereocenters. The molecule has 102 valence electrons. The summed E-state index contributed by atoms with van der Waals surface area (Å²) in [5, 5.41) is 0. The van der Waals surface area contributed by atoms with Crippen LogP contribution in [0.15, 0.2) is 0 Å². The second-order valence-corrected chi connectivity index (χ2v) is 4.39. The van der Waals surface area contributed by atoms with E-state index in [0.29, 0.717) is 18.3 Å². The summed E-state index contributed by atoms with van der Waals surface area (Å²) in [5.41, 5.74) is 5.67. The van der Waals surface area contributed by atoms with Crippen LogP contribution >= 0.6 is 0 Å². The molecule has 1 rings (SSSR count). The number of nitrogens with two attached hydrogens (primary N) is 1. The maximum Gasteiger partial charge on any atom is 0.229 e. The van der Waals surface area contributed by atoms with Crippen molar-refractivity contribution in [2.45, 2.75) is 13.0 Å². The van der Waals surface area contributed by atoms with Crippen LogP contribution in [0.2, 0.25) is 0 Å². The summed E-state index contributed by atoms with van der Waals surface area (Å²) >= 11 is 0. The molecule has 1 aromatic rings. The number of hydrogen-bond acceptors (Lipinski definition) is 7. The molecule has 7 heteroatoms. The minimum absolute atomic E-state index is 0.258. The Morgan fingerprint density at radius 2 is 1.89 bits per heavy atom. The molecule has 0 aliphatic rings. The molecule has 0 bridgehead atoms. The molecule has 0 aliphatic heterocycles. The summed E-state index contributed by atoms with van der Waals surface area (Å²) in [6.07, 6.45) is 0.980. The van der Waals surface area contributed by atoms with Crippen LogP contribution in [-0.4, -0.2) is 61.3 Å². The molecule has 0 radical (unpaired) electrons. The van der Waals surface area contributed by atoms with Crippen LogP contribution in [0.3, 0.4) is 0 Å². The highest BCUT2D eigenvalue weighted by molar-refractivity contribution is 5.32. The largest absolute Gasteiger partial charge is 0.385 e. The predicted molar refractivity (Wildman–Crippen MR) is 71.4 cm³/mol. The van der Waals surface area contributed by atoms with Crippen LogP contribution in [-0.2, 0) is 11.3 Å². The first-order chi connectivity index (χ1) is 8.52. The average molecular weight is 254 g/mol. The molecule has 18 heavy (non-hydrogen) atoms. The van der Waals surface area contributed by atoms with Crippen molar-refractivity contribution in [3.63, 3.8) is 0 Å². The minimum Gasteiger partial charge on any atom is -0.385 e. The Morgan fingerprint density at radius 3 is 2.50 bits per heavy atom. The maximum atomic E-state index is 5.67. The Kier molecular flexibility index (Phi) is 5.73. The summed E-state index contributed by atoms with van der Waals surface area (Å²) in [4.78, 5) is 16.5. The Hall–Kier alpha value is -1.47. The Bertz CT molecular complexity index is 371. The molecule has 0 aromatic carbocycles. The van der Waals surface area contributed by atoms with E-state index in [1.54, 1.807) is 7.11 Å². The first kappa shape index (κ1) is 14.6. The molecule has 0 atom stereocenters. The molecular weight excluding hydrogens is 232 g/mol. The summed E-state index contributed by atoms with van der Waals surface area (Å²) < 4.78 is 5.02. The molecule has 1 heterocycles. The molecule has 1 aromatic heterocycles. The van der Waals surface area contributed by atoms with E-state index in [1.165, 1.54) is 0 Å². The summed E-state index contributed by atoms with van der Waals surface area (Å²) in [6.45, 7) is 2.33. The van der Waals surface area contributed by atoms with Crippen molar-refractivity contribution in [2.75, 3.05) is 52.0 Å². The quantitative estimate of drug-likeness (QED) is 0.685. The highest BCUT2D eigenvalue weighted by Gasteiger charge is 2.08. The van der Waals surface area contributed by atoms with Crippen molar-refractivity contribution >= 4 is 11.9 Å². The fraction of sp³-hybridized carbons (Fsp3) is 0.727. The van der Waals surface area contributed by atoms with Gasteiger partial charge in [0.1, 0.15) is 5.82 Å². The molecule has 0 spiro atoms. The topological polar surface area (TPSA) is 80.4 Å². The van der Waals surface area contributed by atoms with Gasteiger partial charge in [-0.3, -0.25) is 4.90 Å². The lowest BCUT2D eigenvalue weighted by Gasteiger charge is -2.17. The van der Waals surface area contributed by atoms with Gasteiger partial charge in [-0.2, -0.15) is 15.0 Å². The summed E-state index contributed by atoms with van der Waals surface area (Å²) in [7, 11) is 7.47. The van der Waals surface area contributed by atoms with E-state index in [9.17, 15) is 0 Å². The van der Waals surface area contributed by atoms with Gasteiger partial charge in [0.15, 0.2) is 0 Å². The predicted octanol–water partition coefficient (Wildman–Crippen LogP) is -0.0119. The summed E-state index contributed by atoms with van der Waals surface area (Å²) in [6, 6.07) is 0. The SMILES string of the molecule is COCCCN(C)Cc1nc(N)nc(N(C)C)n1. The van der Waals surface area contributed by atoms with Gasteiger partial charge in [-0.25, -0.2) is 0 Å². The van der Waals surface area contributed by atoms with Crippen molar-refractivity contribution in [1.82, 2.24) is 19.9 Å². The van der Waals surface area contributed by atoms with Crippen LogP contribution in [0.1, 0.15) is 12.2 Å². The first-order valence-electron chi connectivity index (χ1n) is 5.88. The van der Waals surface area contributed by atoms with E-state index in [-0.39, 0.29) is 5.95 Å². The highest BCUT2D eigenvalue weighted by atomic mass is 16.5. The number of aromatic nitrogens is 3.